The van der Waals surface area contributed by atoms with E-state index in [2.05, 4.69) is 19.1 Å². The van der Waals surface area contributed by atoms with Crippen LogP contribution in [0.1, 0.15) is 97.8 Å². The first kappa shape index (κ1) is 24.7. The Bertz CT molecular complexity index is 389. The monoisotopic (exact) mass is 367 g/mol. The lowest BCUT2D eigenvalue weighted by atomic mass is 9.95. The fourth-order valence-corrected chi connectivity index (χ4v) is 3.25. The lowest BCUT2D eigenvalue weighted by Gasteiger charge is -2.24. The Kier molecular flexibility index (Phi) is 16.2. The zero-order valence-corrected chi connectivity index (χ0v) is 17.3. The van der Waals surface area contributed by atoms with E-state index in [4.69, 9.17) is 5.11 Å². The second-order valence-electron chi connectivity index (χ2n) is 7.12. The number of allylic oxidation sites excluding steroid dienone is 2. The summed E-state index contributed by atoms with van der Waals surface area (Å²) in [6, 6.07) is 0. The number of carboxylic acids is 1. The summed E-state index contributed by atoms with van der Waals surface area (Å²) in [4.78, 5) is 25.2. The minimum Gasteiger partial charge on any atom is -0.481 e. The molecule has 0 aromatic carbocycles. The van der Waals surface area contributed by atoms with Gasteiger partial charge < -0.3 is 10.0 Å². The molecule has 1 unspecified atom stereocenters. The van der Waals surface area contributed by atoms with E-state index in [-0.39, 0.29) is 18.2 Å². The van der Waals surface area contributed by atoms with Gasteiger partial charge in [0.25, 0.3) is 0 Å². The molecule has 0 aliphatic heterocycles. The normalized spacial score (nSPS) is 12.4. The minimum absolute atomic E-state index is 0.00315. The Morgan fingerprint density at radius 2 is 1.38 bits per heavy atom. The summed E-state index contributed by atoms with van der Waals surface area (Å²) >= 11 is 0. The summed E-state index contributed by atoms with van der Waals surface area (Å²) in [6.45, 7) is 7.42. The third-order valence-electron chi connectivity index (χ3n) is 4.91. The molecule has 4 nitrogen and oxygen atoms in total. The summed E-state index contributed by atoms with van der Waals surface area (Å²) in [5, 5.41) is 9.07. The van der Waals surface area contributed by atoms with Gasteiger partial charge in [-0.2, -0.15) is 0 Å². The molecule has 0 radical (unpaired) electrons. The first-order valence-corrected chi connectivity index (χ1v) is 10.7. The van der Waals surface area contributed by atoms with Crippen molar-refractivity contribution in [2.75, 3.05) is 13.1 Å². The van der Waals surface area contributed by atoms with Crippen molar-refractivity contribution in [3.05, 3.63) is 12.2 Å². The number of aliphatic carboxylic acids is 1. The van der Waals surface area contributed by atoms with Gasteiger partial charge in [0.05, 0.1) is 6.42 Å². The molecule has 0 fully saturated rings. The number of nitrogens with zero attached hydrogens (tertiary/aromatic N) is 1. The molecule has 0 saturated carbocycles. The summed E-state index contributed by atoms with van der Waals surface area (Å²) in [6.07, 6.45) is 17.2. The molecule has 0 spiro atoms. The lowest BCUT2D eigenvalue weighted by Crippen LogP contribution is -2.36. The van der Waals surface area contributed by atoms with Gasteiger partial charge in [-0.25, -0.2) is 0 Å². The van der Waals surface area contributed by atoms with Crippen molar-refractivity contribution in [1.29, 1.82) is 0 Å². The number of rotatable bonds is 17. The van der Waals surface area contributed by atoms with Gasteiger partial charge in [-0.15, -0.1) is 0 Å². The van der Waals surface area contributed by atoms with Crippen molar-refractivity contribution in [3.8, 4) is 0 Å². The van der Waals surface area contributed by atoms with Gasteiger partial charge >= 0.3 is 5.97 Å². The maximum atomic E-state index is 12.4. The predicted molar refractivity (Wildman–Crippen MR) is 109 cm³/mol. The topological polar surface area (TPSA) is 57.6 Å². The van der Waals surface area contributed by atoms with Crippen LogP contribution in [0.4, 0.5) is 0 Å². The van der Waals surface area contributed by atoms with Crippen molar-refractivity contribution >= 4 is 11.9 Å². The SMILES string of the molecule is CCCCCC/C=C/CCCCCCC(CC(=O)O)C(=O)N(CC)CC. The molecule has 1 atom stereocenters. The highest BCUT2D eigenvalue weighted by atomic mass is 16.4. The quantitative estimate of drug-likeness (QED) is 0.260. The highest BCUT2D eigenvalue weighted by Gasteiger charge is 2.24. The molecule has 1 N–H and O–H groups in total. The molecule has 0 rings (SSSR count). The average Bonchev–Trinajstić information content (AvgIpc) is 2.62. The standard InChI is InChI=1S/C22H41NO3/c1-4-7-8-9-10-11-12-13-14-15-16-17-18-20(19-21(24)25)22(26)23(5-2)6-3/h11-12,20H,4-10,13-19H2,1-3H3,(H,24,25)/b12-11+. The average molecular weight is 368 g/mol. The zero-order valence-electron chi connectivity index (χ0n) is 17.3. The Balaban J connectivity index is 3.90. The number of unbranched alkanes of at least 4 members (excludes halogenated alkanes) is 8. The van der Waals surface area contributed by atoms with Gasteiger partial charge in [0.2, 0.25) is 5.91 Å². The molecule has 152 valence electrons. The van der Waals surface area contributed by atoms with Crippen LogP contribution in [0.15, 0.2) is 12.2 Å². The zero-order chi connectivity index (χ0) is 19.6. The molecule has 0 aliphatic carbocycles. The maximum absolute atomic E-state index is 12.4. The van der Waals surface area contributed by atoms with Crippen molar-refractivity contribution < 1.29 is 14.7 Å². The van der Waals surface area contributed by atoms with E-state index in [9.17, 15) is 9.59 Å². The highest BCUT2D eigenvalue weighted by Crippen LogP contribution is 2.18. The number of carbonyl (C=O) groups is 2. The summed E-state index contributed by atoms with van der Waals surface area (Å²) in [5.41, 5.74) is 0. The van der Waals surface area contributed by atoms with E-state index in [0.29, 0.717) is 19.5 Å². The van der Waals surface area contributed by atoms with E-state index >= 15 is 0 Å². The van der Waals surface area contributed by atoms with Crippen LogP contribution < -0.4 is 0 Å². The van der Waals surface area contributed by atoms with Crippen LogP contribution in [-0.2, 0) is 9.59 Å². The first-order chi connectivity index (χ1) is 12.6. The molecule has 0 saturated heterocycles. The van der Waals surface area contributed by atoms with E-state index < -0.39 is 5.97 Å². The summed E-state index contributed by atoms with van der Waals surface area (Å²) in [7, 11) is 0. The van der Waals surface area contributed by atoms with Crippen molar-refractivity contribution in [1.82, 2.24) is 4.90 Å². The molecular formula is C22H41NO3. The largest absolute Gasteiger partial charge is 0.481 e. The molecule has 0 aromatic heterocycles. The number of hydrogen-bond acceptors (Lipinski definition) is 2. The van der Waals surface area contributed by atoms with Crippen LogP contribution in [0, 0.1) is 5.92 Å². The summed E-state index contributed by atoms with van der Waals surface area (Å²) in [5.74, 6) is -1.24. The van der Waals surface area contributed by atoms with Gasteiger partial charge in [0, 0.05) is 19.0 Å². The van der Waals surface area contributed by atoms with Gasteiger partial charge in [-0.3, -0.25) is 9.59 Å². The lowest BCUT2D eigenvalue weighted by molar-refractivity contribution is -0.144. The number of carboxylic acid groups (broad SMARTS) is 1. The second-order valence-corrected chi connectivity index (χ2v) is 7.12. The predicted octanol–water partition coefficient (Wildman–Crippen LogP) is 5.81. The number of hydrogen-bond donors (Lipinski definition) is 1. The van der Waals surface area contributed by atoms with Crippen molar-refractivity contribution in [2.24, 2.45) is 5.92 Å². The van der Waals surface area contributed by atoms with Gasteiger partial charge in [0.1, 0.15) is 0 Å². The van der Waals surface area contributed by atoms with Crippen LogP contribution in [-0.4, -0.2) is 35.0 Å². The highest BCUT2D eigenvalue weighted by molar-refractivity contribution is 5.83. The van der Waals surface area contributed by atoms with Gasteiger partial charge in [0.15, 0.2) is 0 Å². The fraction of sp³-hybridized carbons (Fsp3) is 0.818. The third kappa shape index (κ3) is 13.0. The molecule has 0 aliphatic rings. The fourth-order valence-electron chi connectivity index (χ4n) is 3.25. The van der Waals surface area contributed by atoms with Crippen molar-refractivity contribution in [3.63, 3.8) is 0 Å². The van der Waals surface area contributed by atoms with E-state index in [1.807, 2.05) is 13.8 Å². The second kappa shape index (κ2) is 17.1. The van der Waals surface area contributed by atoms with Gasteiger partial charge in [-0.05, 0) is 46.0 Å². The van der Waals surface area contributed by atoms with Crippen LogP contribution in [0.25, 0.3) is 0 Å². The number of carbonyl (C=O) groups excluding carboxylic acids is 1. The third-order valence-corrected chi connectivity index (χ3v) is 4.91. The Hall–Kier alpha value is -1.32. The van der Waals surface area contributed by atoms with Crippen LogP contribution in [0.3, 0.4) is 0 Å². The molecule has 1 amide bonds. The van der Waals surface area contributed by atoms with Crippen LogP contribution >= 0.6 is 0 Å². The Morgan fingerprint density at radius 3 is 1.88 bits per heavy atom. The molecule has 0 heterocycles. The first-order valence-electron chi connectivity index (χ1n) is 10.7. The molecule has 0 bridgehead atoms. The van der Waals surface area contributed by atoms with E-state index in [1.54, 1.807) is 4.90 Å². The molecular weight excluding hydrogens is 326 g/mol. The maximum Gasteiger partial charge on any atom is 0.304 e. The van der Waals surface area contributed by atoms with E-state index in [1.165, 1.54) is 38.5 Å². The van der Waals surface area contributed by atoms with Crippen LogP contribution in [0.2, 0.25) is 0 Å². The Morgan fingerprint density at radius 1 is 0.846 bits per heavy atom. The number of amides is 1. The molecule has 0 aromatic rings. The van der Waals surface area contributed by atoms with Crippen molar-refractivity contribution in [2.45, 2.75) is 97.8 Å². The summed E-state index contributed by atoms with van der Waals surface area (Å²) < 4.78 is 0. The van der Waals surface area contributed by atoms with Crippen LogP contribution in [0.5, 0.6) is 0 Å². The Labute approximate surface area is 161 Å². The molecule has 26 heavy (non-hydrogen) atoms. The smallest absolute Gasteiger partial charge is 0.304 e. The van der Waals surface area contributed by atoms with Gasteiger partial charge in [-0.1, -0.05) is 57.6 Å². The minimum atomic E-state index is -0.875. The van der Waals surface area contributed by atoms with E-state index in [0.717, 1.165) is 25.7 Å². The molecule has 4 heteroatoms.